The smallest absolute Gasteiger partial charge is 0.00214 e. The molecule has 0 fully saturated rings. The first-order chi connectivity index (χ1) is 5.54. The van der Waals surface area contributed by atoms with E-state index >= 15 is 0 Å². The molecule has 0 N–H and O–H groups in total. The van der Waals surface area contributed by atoms with E-state index in [1.54, 1.807) is 0 Å². The van der Waals surface area contributed by atoms with Gasteiger partial charge in [0.1, 0.15) is 0 Å². The van der Waals surface area contributed by atoms with Crippen LogP contribution in [0, 0.1) is 5.92 Å². The maximum absolute atomic E-state index is 3.77. The van der Waals surface area contributed by atoms with Crippen LogP contribution in [0.2, 0.25) is 0 Å². The highest BCUT2D eigenvalue weighted by Crippen LogP contribution is 2.22. The van der Waals surface area contributed by atoms with Crippen molar-refractivity contribution in [2.75, 3.05) is 0 Å². The molecule has 0 rings (SSSR count). The van der Waals surface area contributed by atoms with Crippen molar-refractivity contribution in [1.29, 1.82) is 0 Å². The Kier molecular flexibility index (Phi) is 4.65. The van der Waals surface area contributed by atoms with Gasteiger partial charge >= 0.3 is 0 Å². The standard InChI is InChI=1S/C12H20/c1-7-9(3)11(5)12(6)10(4)8-2/h7-8,12H,1H2,2-6H3/b10-8?,11-9+. The quantitative estimate of drug-likeness (QED) is 0.435. The van der Waals surface area contributed by atoms with Crippen molar-refractivity contribution >= 4 is 0 Å². The Morgan fingerprint density at radius 1 is 1.25 bits per heavy atom. The van der Waals surface area contributed by atoms with Gasteiger partial charge in [0.25, 0.3) is 0 Å². The van der Waals surface area contributed by atoms with Crippen molar-refractivity contribution in [1.82, 2.24) is 0 Å². The van der Waals surface area contributed by atoms with Crippen molar-refractivity contribution in [2.45, 2.75) is 34.6 Å². The molecule has 0 heterocycles. The van der Waals surface area contributed by atoms with Gasteiger partial charge in [0.2, 0.25) is 0 Å². The summed E-state index contributed by atoms with van der Waals surface area (Å²) < 4.78 is 0. The van der Waals surface area contributed by atoms with E-state index in [9.17, 15) is 0 Å². The van der Waals surface area contributed by atoms with Crippen LogP contribution < -0.4 is 0 Å². The Morgan fingerprint density at radius 3 is 2.08 bits per heavy atom. The van der Waals surface area contributed by atoms with Gasteiger partial charge in [0, 0.05) is 0 Å². The molecule has 0 aliphatic rings. The first kappa shape index (κ1) is 11.2. The lowest BCUT2D eigenvalue weighted by Gasteiger charge is -2.14. The number of allylic oxidation sites excluding steroid dienone is 5. The third-order valence-electron chi connectivity index (χ3n) is 2.72. The molecule has 0 spiro atoms. The minimum Gasteiger partial charge on any atom is -0.0988 e. The van der Waals surface area contributed by atoms with Crippen LogP contribution in [0.25, 0.3) is 0 Å². The van der Waals surface area contributed by atoms with Gasteiger partial charge < -0.3 is 0 Å². The van der Waals surface area contributed by atoms with Crippen LogP contribution in [0.15, 0.2) is 35.5 Å². The summed E-state index contributed by atoms with van der Waals surface area (Å²) >= 11 is 0. The lowest BCUT2D eigenvalue weighted by Crippen LogP contribution is -1.99. The van der Waals surface area contributed by atoms with E-state index in [4.69, 9.17) is 0 Å². The van der Waals surface area contributed by atoms with Crippen LogP contribution >= 0.6 is 0 Å². The molecule has 0 bridgehead atoms. The molecule has 12 heavy (non-hydrogen) atoms. The van der Waals surface area contributed by atoms with Gasteiger partial charge in [-0.2, -0.15) is 0 Å². The molecule has 0 nitrogen and oxygen atoms in total. The second-order valence-electron chi connectivity index (χ2n) is 3.32. The molecular weight excluding hydrogens is 144 g/mol. The third kappa shape index (κ3) is 2.69. The molecule has 0 radical (unpaired) electrons. The Bertz CT molecular complexity index is 216. The molecule has 1 unspecified atom stereocenters. The molecule has 0 saturated heterocycles. The highest BCUT2D eigenvalue weighted by atomic mass is 14.1. The lowest BCUT2D eigenvalue weighted by molar-refractivity contribution is 0.789. The Hall–Kier alpha value is -0.780. The Morgan fingerprint density at radius 2 is 1.75 bits per heavy atom. The normalized spacial score (nSPS) is 16.9. The van der Waals surface area contributed by atoms with E-state index in [2.05, 4.69) is 47.3 Å². The Balaban J connectivity index is 4.71. The summed E-state index contributed by atoms with van der Waals surface area (Å²) in [7, 11) is 0. The predicted molar refractivity (Wildman–Crippen MR) is 57.2 cm³/mol. The zero-order valence-corrected chi connectivity index (χ0v) is 8.94. The fraction of sp³-hybridized carbons (Fsp3) is 0.500. The Labute approximate surface area is 76.7 Å². The minimum atomic E-state index is 0.549. The molecular formula is C12H20. The van der Waals surface area contributed by atoms with Crippen molar-refractivity contribution < 1.29 is 0 Å². The predicted octanol–water partition coefficient (Wildman–Crippen LogP) is 4.11. The maximum atomic E-state index is 3.77. The van der Waals surface area contributed by atoms with Gasteiger partial charge in [0.15, 0.2) is 0 Å². The number of hydrogen-bond acceptors (Lipinski definition) is 0. The zero-order valence-electron chi connectivity index (χ0n) is 8.94. The number of hydrogen-bond donors (Lipinski definition) is 0. The second kappa shape index (κ2) is 4.97. The summed E-state index contributed by atoms with van der Waals surface area (Å²) in [6.07, 6.45) is 4.10. The molecule has 0 aliphatic heterocycles. The summed E-state index contributed by atoms with van der Waals surface area (Å²) in [5, 5.41) is 0. The fourth-order valence-corrected chi connectivity index (χ4v) is 1.09. The monoisotopic (exact) mass is 164 g/mol. The van der Waals surface area contributed by atoms with Crippen LogP contribution in [0.1, 0.15) is 34.6 Å². The van der Waals surface area contributed by atoms with Crippen molar-refractivity contribution in [2.24, 2.45) is 5.92 Å². The largest absolute Gasteiger partial charge is 0.0988 e. The van der Waals surface area contributed by atoms with Crippen molar-refractivity contribution in [3.05, 3.63) is 35.5 Å². The summed E-state index contributed by atoms with van der Waals surface area (Å²) in [4.78, 5) is 0. The van der Waals surface area contributed by atoms with Crippen LogP contribution in [0.3, 0.4) is 0 Å². The molecule has 0 aromatic rings. The van der Waals surface area contributed by atoms with E-state index in [-0.39, 0.29) is 0 Å². The summed E-state index contributed by atoms with van der Waals surface area (Å²) in [5.41, 5.74) is 4.14. The summed E-state index contributed by atoms with van der Waals surface area (Å²) in [5.74, 6) is 0.549. The summed E-state index contributed by atoms with van der Waals surface area (Å²) in [6.45, 7) is 14.6. The molecule has 0 aliphatic carbocycles. The highest BCUT2D eigenvalue weighted by molar-refractivity contribution is 5.27. The third-order valence-corrected chi connectivity index (χ3v) is 2.72. The van der Waals surface area contributed by atoms with Gasteiger partial charge in [-0.05, 0) is 33.6 Å². The van der Waals surface area contributed by atoms with Crippen LogP contribution in [0.5, 0.6) is 0 Å². The van der Waals surface area contributed by atoms with E-state index in [0.717, 1.165) is 0 Å². The highest BCUT2D eigenvalue weighted by Gasteiger charge is 2.06. The average molecular weight is 164 g/mol. The van der Waals surface area contributed by atoms with E-state index < -0.39 is 0 Å². The molecule has 0 heteroatoms. The van der Waals surface area contributed by atoms with Crippen LogP contribution in [0.4, 0.5) is 0 Å². The summed E-state index contributed by atoms with van der Waals surface area (Å²) in [6, 6.07) is 0. The average Bonchev–Trinajstić information content (AvgIpc) is 2.12. The van der Waals surface area contributed by atoms with Crippen molar-refractivity contribution in [3.63, 3.8) is 0 Å². The van der Waals surface area contributed by atoms with Gasteiger partial charge in [-0.15, -0.1) is 0 Å². The lowest BCUT2D eigenvalue weighted by atomic mass is 9.91. The van der Waals surface area contributed by atoms with E-state index in [1.165, 1.54) is 16.7 Å². The molecule has 0 amide bonds. The molecule has 0 aromatic heterocycles. The zero-order chi connectivity index (χ0) is 9.72. The van der Waals surface area contributed by atoms with Gasteiger partial charge in [-0.25, -0.2) is 0 Å². The maximum Gasteiger partial charge on any atom is -0.00214 e. The number of rotatable bonds is 3. The van der Waals surface area contributed by atoms with E-state index in [1.807, 2.05) is 6.08 Å². The van der Waals surface area contributed by atoms with E-state index in [0.29, 0.717) is 5.92 Å². The second-order valence-corrected chi connectivity index (χ2v) is 3.32. The molecule has 1 atom stereocenters. The van der Waals surface area contributed by atoms with Gasteiger partial charge in [0.05, 0.1) is 0 Å². The van der Waals surface area contributed by atoms with Gasteiger partial charge in [-0.1, -0.05) is 42.4 Å². The molecule has 0 saturated carbocycles. The van der Waals surface area contributed by atoms with Crippen LogP contribution in [-0.4, -0.2) is 0 Å². The molecule has 0 aromatic carbocycles. The first-order valence-corrected chi connectivity index (χ1v) is 4.47. The fourth-order valence-electron chi connectivity index (χ4n) is 1.09. The van der Waals surface area contributed by atoms with Gasteiger partial charge in [-0.3, -0.25) is 0 Å². The van der Waals surface area contributed by atoms with Crippen molar-refractivity contribution in [3.8, 4) is 0 Å². The first-order valence-electron chi connectivity index (χ1n) is 4.47. The SMILES string of the molecule is C=C/C(C)=C(\C)C(C)C(C)=CC. The minimum absolute atomic E-state index is 0.549. The van der Waals surface area contributed by atoms with Crippen LogP contribution in [-0.2, 0) is 0 Å². The topological polar surface area (TPSA) is 0 Å². The molecule has 68 valence electrons.